The lowest BCUT2D eigenvalue weighted by Crippen LogP contribution is -2.37. The minimum atomic E-state index is -0.972. The molecule has 2 aromatic heterocycles. The highest BCUT2D eigenvalue weighted by Gasteiger charge is 2.24. The molecule has 1 aliphatic rings. The number of carbonyl (C=O) groups is 1. The number of hydrogen-bond acceptors (Lipinski definition) is 4. The van der Waals surface area contributed by atoms with E-state index in [1.54, 1.807) is 18.5 Å². The molecule has 0 bridgehead atoms. The predicted molar refractivity (Wildman–Crippen MR) is 130 cm³/mol. The average Bonchev–Trinajstić information content (AvgIpc) is 3.32. The standard InChI is InChI=1S/C23H28N4O2S.C2H6/c1-2-12-26-13-9-21(10-14-26)30(29)20-6-3-18(4-7-20)16-25-23(28)19-5-8-22-24-11-15-27(22)17-19;1-2/h3-8,11,15,17,21H,2,9-10,12-14,16H2,1H3,(H,25,28);1-2H3. The Morgan fingerprint density at radius 2 is 1.84 bits per heavy atom. The molecular formula is C25H34N4O2S. The minimum Gasteiger partial charge on any atom is -0.348 e. The van der Waals surface area contributed by atoms with Crippen LogP contribution in [0, 0.1) is 0 Å². The Morgan fingerprint density at radius 1 is 1.12 bits per heavy atom. The van der Waals surface area contributed by atoms with Crippen LogP contribution in [0.25, 0.3) is 5.65 Å². The van der Waals surface area contributed by atoms with E-state index in [0.717, 1.165) is 48.6 Å². The molecule has 0 aliphatic carbocycles. The number of piperidine rings is 1. The van der Waals surface area contributed by atoms with Gasteiger partial charge < -0.3 is 14.6 Å². The van der Waals surface area contributed by atoms with E-state index in [9.17, 15) is 9.00 Å². The third kappa shape index (κ3) is 6.04. The maximum absolute atomic E-state index is 12.9. The van der Waals surface area contributed by atoms with Crippen LogP contribution in [0.3, 0.4) is 0 Å². The Hall–Kier alpha value is -2.51. The van der Waals surface area contributed by atoms with Gasteiger partial charge in [-0.25, -0.2) is 4.98 Å². The van der Waals surface area contributed by atoms with Gasteiger partial charge >= 0.3 is 0 Å². The zero-order valence-electron chi connectivity index (χ0n) is 19.3. The molecular weight excluding hydrogens is 420 g/mol. The molecule has 172 valence electrons. The molecule has 3 aromatic rings. The van der Waals surface area contributed by atoms with Crippen molar-refractivity contribution in [1.29, 1.82) is 0 Å². The van der Waals surface area contributed by atoms with Crippen molar-refractivity contribution in [3.05, 3.63) is 66.1 Å². The Labute approximate surface area is 193 Å². The van der Waals surface area contributed by atoms with E-state index in [1.165, 1.54) is 6.42 Å². The van der Waals surface area contributed by atoms with Crippen molar-refractivity contribution >= 4 is 22.4 Å². The van der Waals surface area contributed by atoms with Crippen LogP contribution < -0.4 is 5.32 Å². The summed E-state index contributed by atoms with van der Waals surface area (Å²) in [7, 11) is -0.972. The molecule has 0 saturated carbocycles. The molecule has 1 aromatic carbocycles. The molecule has 1 unspecified atom stereocenters. The summed E-state index contributed by atoms with van der Waals surface area (Å²) in [6.07, 6.45) is 8.45. The first-order valence-corrected chi connectivity index (χ1v) is 12.8. The molecule has 7 heteroatoms. The zero-order chi connectivity index (χ0) is 22.9. The molecule has 6 nitrogen and oxygen atoms in total. The molecule has 4 rings (SSSR count). The van der Waals surface area contributed by atoms with Crippen LogP contribution in [0.1, 0.15) is 56.0 Å². The summed E-state index contributed by atoms with van der Waals surface area (Å²) in [5.41, 5.74) is 2.39. The quantitative estimate of drug-likeness (QED) is 0.579. The number of pyridine rings is 1. The molecule has 0 radical (unpaired) electrons. The van der Waals surface area contributed by atoms with E-state index in [1.807, 2.05) is 54.8 Å². The van der Waals surface area contributed by atoms with Gasteiger partial charge in [0.1, 0.15) is 5.65 Å². The first-order valence-electron chi connectivity index (χ1n) is 11.6. The number of benzene rings is 1. The first kappa shape index (κ1) is 24.1. The number of hydrogen-bond donors (Lipinski definition) is 1. The van der Waals surface area contributed by atoms with E-state index in [-0.39, 0.29) is 11.2 Å². The van der Waals surface area contributed by atoms with Crippen molar-refractivity contribution in [2.45, 2.75) is 56.7 Å². The van der Waals surface area contributed by atoms with Crippen molar-refractivity contribution in [1.82, 2.24) is 19.6 Å². The molecule has 0 spiro atoms. The van der Waals surface area contributed by atoms with Gasteiger partial charge in [-0.3, -0.25) is 9.00 Å². The summed E-state index contributed by atoms with van der Waals surface area (Å²) in [5, 5.41) is 3.18. The molecule has 1 N–H and O–H groups in total. The van der Waals surface area contributed by atoms with E-state index in [4.69, 9.17) is 0 Å². The number of carbonyl (C=O) groups excluding carboxylic acids is 1. The van der Waals surface area contributed by atoms with Crippen molar-refractivity contribution in [2.75, 3.05) is 19.6 Å². The Morgan fingerprint density at radius 3 is 2.53 bits per heavy atom. The number of aromatic nitrogens is 2. The van der Waals surface area contributed by atoms with Gasteiger partial charge in [-0.15, -0.1) is 0 Å². The number of fused-ring (bicyclic) bond motifs is 1. The summed E-state index contributed by atoms with van der Waals surface area (Å²) >= 11 is 0. The molecule has 1 atom stereocenters. The Bertz CT molecular complexity index is 1020. The van der Waals surface area contributed by atoms with Gasteiger partial charge in [-0.05, 0) is 68.7 Å². The highest BCUT2D eigenvalue weighted by Crippen LogP contribution is 2.21. The maximum Gasteiger partial charge on any atom is 0.253 e. The summed E-state index contributed by atoms with van der Waals surface area (Å²) in [6, 6.07) is 11.4. The van der Waals surface area contributed by atoms with Crippen LogP contribution in [0.15, 0.2) is 59.9 Å². The topological polar surface area (TPSA) is 66.7 Å². The number of likely N-dealkylation sites (tertiary alicyclic amines) is 1. The summed E-state index contributed by atoms with van der Waals surface area (Å²) in [4.78, 5) is 20.0. The molecule has 1 fully saturated rings. The maximum atomic E-state index is 12.9. The molecule has 1 aliphatic heterocycles. The lowest BCUT2D eigenvalue weighted by Gasteiger charge is -2.31. The predicted octanol–water partition coefficient (Wildman–Crippen LogP) is 4.27. The summed E-state index contributed by atoms with van der Waals surface area (Å²) in [6.45, 7) is 9.85. The fraction of sp³-hybridized carbons (Fsp3) is 0.440. The first-order chi connectivity index (χ1) is 15.6. The number of imidazole rings is 1. The van der Waals surface area contributed by atoms with Gasteiger partial charge in [0.2, 0.25) is 0 Å². The van der Waals surface area contributed by atoms with Crippen LogP contribution in [0.5, 0.6) is 0 Å². The van der Waals surface area contributed by atoms with Crippen LogP contribution in [-0.2, 0) is 17.3 Å². The second kappa shape index (κ2) is 11.9. The van der Waals surface area contributed by atoms with Gasteiger partial charge in [0.05, 0.1) is 16.4 Å². The fourth-order valence-electron chi connectivity index (χ4n) is 3.94. The lowest BCUT2D eigenvalue weighted by molar-refractivity contribution is 0.0950. The third-order valence-electron chi connectivity index (χ3n) is 5.64. The highest BCUT2D eigenvalue weighted by molar-refractivity contribution is 7.85. The normalized spacial score (nSPS) is 15.7. The number of nitrogens with zero attached hydrogens (tertiary/aromatic N) is 3. The number of rotatable bonds is 7. The van der Waals surface area contributed by atoms with Crippen LogP contribution in [-0.4, -0.2) is 49.3 Å². The highest BCUT2D eigenvalue weighted by atomic mass is 32.2. The Balaban J connectivity index is 0.00000141. The van der Waals surface area contributed by atoms with Crippen molar-refractivity contribution in [2.24, 2.45) is 0 Å². The van der Waals surface area contributed by atoms with E-state index >= 15 is 0 Å². The molecule has 32 heavy (non-hydrogen) atoms. The monoisotopic (exact) mass is 454 g/mol. The second-order valence-corrected chi connectivity index (χ2v) is 9.51. The van der Waals surface area contributed by atoms with Crippen molar-refractivity contribution in [3.8, 4) is 0 Å². The fourth-order valence-corrected chi connectivity index (χ4v) is 5.36. The van der Waals surface area contributed by atoms with E-state index in [0.29, 0.717) is 12.1 Å². The summed E-state index contributed by atoms with van der Waals surface area (Å²) < 4.78 is 14.8. The van der Waals surface area contributed by atoms with Crippen LogP contribution in [0.2, 0.25) is 0 Å². The van der Waals surface area contributed by atoms with E-state index < -0.39 is 10.8 Å². The Kier molecular flexibility index (Phi) is 9.00. The molecule has 1 amide bonds. The lowest BCUT2D eigenvalue weighted by atomic mass is 10.1. The minimum absolute atomic E-state index is 0.128. The van der Waals surface area contributed by atoms with Crippen LogP contribution in [0.4, 0.5) is 0 Å². The molecule has 3 heterocycles. The molecule has 1 saturated heterocycles. The van der Waals surface area contributed by atoms with E-state index in [2.05, 4.69) is 22.1 Å². The van der Waals surface area contributed by atoms with Crippen molar-refractivity contribution in [3.63, 3.8) is 0 Å². The largest absolute Gasteiger partial charge is 0.348 e. The van der Waals surface area contributed by atoms with Gasteiger partial charge in [0, 0.05) is 35.3 Å². The summed E-state index contributed by atoms with van der Waals surface area (Å²) in [5.74, 6) is -0.128. The second-order valence-electron chi connectivity index (χ2n) is 7.78. The van der Waals surface area contributed by atoms with Gasteiger partial charge in [0.25, 0.3) is 5.91 Å². The van der Waals surface area contributed by atoms with Crippen molar-refractivity contribution < 1.29 is 9.00 Å². The van der Waals surface area contributed by atoms with Crippen LogP contribution >= 0.6 is 0 Å². The number of amides is 1. The third-order valence-corrected chi connectivity index (χ3v) is 7.45. The SMILES string of the molecule is CC.CCCN1CCC(S(=O)c2ccc(CNC(=O)c3ccc4nccn4c3)cc2)CC1. The number of nitrogens with one attached hydrogen (secondary N) is 1. The average molecular weight is 455 g/mol. The smallest absolute Gasteiger partial charge is 0.253 e. The van der Waals surface area contributed by atoms with Gasteiger partial charge in [-0.2, -0.15) is 0 Å². The van der Waals surface area contributed by atoms with Gasteiger partial charge in [0.15, 0.2) is 0 Å². The zero-order valence-corrected chi connectivity index (χ0v) is 20.1. The van der Waals surface area contributed by atoms with Gasteiger partial charge in [-0.1, -0.05) is 32.9 Å².